The van der Waals surface area contributed by atoms with Crippen molar-refractivity contribution < 1.29 is 14.3 Å². The molecular formula is C18H21N3O3S. The summed E-state index contributed by atoms with van der Waals surface area (Å²) >= 11 is 1.23. The van der Waals surface area contributed by atoms with E-state index in [1.165, 1.54) is 17.8 Å². The van der Waals surface area contributed by atoms with Crippen LogP contribution in [0.2, 0.25) is 0 Å². The Bertz CT molecular complexity index is 782. The summed E-state index contributed by atoms with van der Waals surface area (Å²) in [6, 6.07) is 6.90. The zero-order chi connectivity index (χ0) is 17.8. The van der Waals surface area contributed by atoms with Crippen molar-refractivity contribution in [2.24, 2.45) is 0 Å². The van der Waals surface area contributed by atoms with E-state index in [1.54, 1.807) is 38.3 Å². The molecule has 132 valence electrons. The Morgan fingerprint density at radius 1 is 1.24 bits per heavy atom. The Morgan fingerprint density at radius 3 is 2.72 bits per heavy atom. The first-order valence-corrected chi connectivity index (χ1v) is 9.12. The Labute approximate surface area is 150 Å². The number of rotatable bonds is 4. The first-order chi connectivity index (χ1) is 12.1. The van der Waals surface area contributed by atoms with Gasteiger partial charge in [-0.2, -0.15) is 0 Å². The van der Waals surface area contributed by atoms with Gasteiger partial charge >= 0.3 is 0 Å². The number of carbonyl (C=O) groups is 2. The van der Waals surface area contributed by atoms with Crippen LogP contribution in [-0.2, 0) is 0 Å². The standard InChI is InChI=1S/C18H21N3O3S/c1-12-15(17(23)21-9-4-3-5-10-21)25-18(19-12)20-16(22)13-7-6-8-14(11-13)24-2/h6-8,11H,3-5,9-10H2,1-2H3,(H,19,20,22). The van der Waals surface area contributed by atoms with Gasteiger partial charge in [0.05, 0.1) is 12.8 Å². The maximum absolute atomic E-state index is 12.6. The normalized spacial score (nSPS) is 14.2. The molecule has 1 aliphatic heterocycles. The number of piperidine rings is 1. The largest absolute Gasteiger partial charge is 0.497 e. The molecule has 1 N–H and O–H groups in total. The van der Waals surface area contributed by atoms with Crippen molar-refractivity contribution in [1.82, 2.24) is 9.88 Å². The number of anilines is 1. The van der Waals surface area contributed by atoms with Gasteiger partial charge in [0.15, 0.2) is 5.13 Å². The van der Waals surface area contributed by atoms with Crippen LogP contribution in [0.3, 0.4) is 0 Å². The molecule has 2 aromatic rings. The summed E-state index contributed by atoms with van der Waals surface area (Å²) in [5, 5.41) is 3.21. The van der Waals surface area contributed by atoms with Gasteiger partial charge in [0.1, 0.15) is 10.6 Å². The summed E-state index contributed by atoms with van der Waals surface area (Å²) in [7, 11) is 1.56. The molecule has 0 spiro atoms. The molecule has 1 aromatic carbocycles. The highest BCUT2D eigenvalue weighted by Crippen LogP contribution is 2.26. The van der Waals surface area contributed by atoms with Gasteiger partial charge in [-0.15, -0.1) is 0 Å². The van der Waals surface area contributed by atoms with E-state index >= 15 is 0 Å². The second-order valence-corrected chi connectivity index (χ2v) is 6.97. The number of thiazole rings is 1. The van der Waals surface area contributed by atoms with Gasteiger partial charge in [0.2, 0.25) is 0 Å². The zero-order valence-corrected chi connectivity index (χ0v) is 15.2. The maximum Gasteiger partial charge on any atom is 0.265 e. The smallest absolute Gasteiger partial charge is 0.265 e. The Hall–Kier alpha value is -2.41. The molecule has 1 fully saturated rings. The first-order valence-electron chi connectivity index (χ1n) is 8.30. The molecule has 2 amide bonds. The molecular weight excluding hydrogens is 338 g/mol. The van der Waals surface area contributed by atoms with E-state index in [-0.39, 0.29) is 11.8 Å². The van der Waals surface area contributed by atoms with Crippen molar-refractivity contribution in [1.29, 1.82) is 0 Å². The summed E-state index contributed by atoms with van der Waals surface area (Å²) in [6.45, 7) is 3.39. The van der Waals surface area contributed by atoms with Crippen molar-refractivity contribution in [3.05, 3.63) is 40.4 Å². The van der Waals surface area contributed by atoms with E-state index in [1.807, 2.05) is 4.90 Å². The number of nitrogens with one attached hydrogen (secondary N) is 1. The Kier molecular flexibility index (Phi) is 5.33. The van der Waals surface area contributed by atoms with Crippen LogP contribution in [0.4, 0.5) is 5.13 Å². The number of hydrogen-bond acceptors (Lipinski definition) is 5. The van der Waals surface area contributed by atoms with Gasteiger partial charge in [-0.1, -0.05) is 17.4 Å². The predicted octanol–water partition coefficient (Wildman–Crippen LogP) is 3.34. The van der Waals surface area contributed by atoms with E-state index in [2.05, 4.69) is 10.3 Å². The number of aromatic nitrogens is 1. The second-order valence-electron chi connectivity index (χ2n) is 5.97. The summed E-state index contributed by atoms with van der Waals surface area (Å²) < 4.78 is 5.13. The minimum atomic E-state index is -0.273. The quantitative estimate of drug-likeness (QED) is 0.909. The number of aryl methyl sites for hydroxylation is 1. The molecule has 25 heavy (non-hydrogen) atoms. The number of methoxy groups -OCH3 is 1. The third-order valence-electron chi connectivity index (χ3n) is 4.19. The summed E-state index contributed by atoms with van der Waals surface area (Å²) in [4.78, 5) is 31.8. The molecule has 7 heteroatoms. The number of hydrogen-bond donors (Lipinski definition) is 1. The van der Waals surface area contributed by atoms with Gasteiger partial charge in [-0.25, -0.2) is 4.98 Å². The SMILES string of the molecule is COc1cccc(C(=O)Nc2nc(C)c(C(=O)N3CCCCC3)s2)c1. The Morgan fingerprint density at radius 2 is 2.00 bits per heavy atom. The van der Waals surface area contributed by atoms with Crippen molar-refractivity contribution in [2.75, 3.05) is 25.5 Å². The molecule has 6 nitrogen and oxygen atoms in total. The van der Waals surface area contributed by atoms with Crippen molar-refractivity contribution >= 4 is 28.3 Å². The third-order valence-corrected chi connectivity index (χ3v) is 5.25. The van der Waals surface area contributed by atoms with Crippen LogP contribution in [0.15, 0.2) is 24.3 Å². The lowest BCUT2D eigenvalue weighted by Crippen LogP contribution is -2.35. The lowest BCUT2D eigenvalue weighted by molar-refractivity contribution is 0.0728. The third kappa shape index (κ3) is 3.99. The predicted molar refractivity (Wildman–Crippen MR) is 97.6 cm³/mol. The van der Waals surface area contributed by atoms with Gasteiger partial charge in [0, 0.05) is 18.7 Å². The van der Waals surface area contributed by atoms with E-state index in [0.717, 1.165) is 25.9 Å². The fourth-order valence-electron chi connectivity index (χ4n) is 2.82. The topological polar surface area (TPSA) is 71.5 Å². The van der Waals surface area contributed by atoms with Crippen LogP contribution in [0.5, 0.6) is 5.75 Å². The Balaban J connectivity index is 1.73. The van der Waals surface area contributed by atoms with Crippen LogP contribution < -0.4 is 10.1 Å². The molecule has 2 heterocycles. The van der Waals surface area contributed by atoms with Crippen LogP contribution in [0, 0.1) is 6.92 Å². The maximum atomic E-state index is 12.6. The van der Waals surface area contributed by atoms with E-state index in [9.17, 15) is 9.59 Å². The van der Waals surface area contributed by atoms with E-state index in [4.69, 9.17) is 4.74 Å². The monoisotopic (exact) mass is 359 g/mol. The van der Waals surface area contributed by atoms with Crippen LogP contribution in [0.1, 0.15) is 45.0 Å². The van der Waals surface area contributed by atoms with E-state index < -0.39 is 0 Å². The first kappa shape index (κ1) is 17.4. The number of nitrogens with zero attached hydrogens (tertiary/aromatic N) is 2. The minimum Gasteiger partial charge on any atom is -0.497 e. The highest BCUT2D eigenvalue weighted by atomic mass is 32.1. The minimum absolute atomic E-state index is 0.0107. The molecule has 0 unspecified atom stereocenters. The number of benzene rings is 1. The lowest BCUT2D eigenvalue weighted by atomic mass is 10.1. The number of carbonyl (C=O) groups excluding carboxylic acids is 2. The average Bonchev–Trinajstić information content (AvgIpc) is 3.02. The number of ether oxygens (including phenoxy) is 1. The van der Waals surface area contributed by atoms with Gasteiger partial charge in [-0.05, 0) is 44.4 Å². The second kappa shape index (κ2) is 7.65. The number of likely N-dealkylation sites (tertiary alicyclic amines) is 1. The molecule has 0 saturated carbocycles. The summed E-state index contributed by atoms with van der Waals surface area (Å²) in [5.41, 5.74) is 1.14. The van der Waals surface area contributed by atoms with Crippen LogP contribution in [-0.4, -0.2) is 41.9 Å². The highest BCUT2D eigenvalue weighted by molar-refractivity contribution is 7.17. The van der Waals surface area contributed by atoms with E-state index in [0.29, 0.717) is 27.0 Å². The highest BCUT2D eigenvalue weighted by Gasteiger charge is 2.23. The van der Waals surface area contributed by atoms with Gasteiger partial charge < -0.3 is 9.64 Å². The molecule has 0 radical (unpaired) electrons. The summed E-state index contributed by atoms with van der Waals surface area (Å²) in [5.74, 6) is 0.352. The molecule has 1 aromatic heterocycles. The van der Waals surface area contributed by atoms with Crippen molar-refractivity contribution in [2.45, 2.75) is 26.2 Å². The molecule has 0 aliphatic carbocycles. The van der Waals surface area contributed by atoms with Crippen LogP contribution >= 0.6 is 11.3 Å². The van der Waals surface area contributed by atoms with Crippen molar-refractivity contribution in [3.8, 4) is 5.75 Å². The van der Waals surface area contributed by atoms with Crippen molar-refractivity contribution in [3.63, 3.8) is 0 Å². The molecule has 0 bridgehead atoms. The average molecular weight is 359 g/mol. The molecule has 1 aliphatic rings. The fraction of sp³-hybridized carbons (Fsp3) is 0.389. The van der Waals surface area contributed by atoms with Crippen LogP contribution in [0.25, 0.3) is 0 Å². The van der Waals surface area contributed by atoms with Gasteiger partial charge in [0.25, 0.3) is 11.8 Å². The summed E-state index contributed by atoms with van der Waals surface area (Å²) in [6.07, 6.45) is 3.26. The zero-order valence-electron chi connectivity index (χ0n) is 14.4. The fourth-order valence-corrected chi connectivity index (χ4v) is 3.75. The molecule has 3 rings (SSSR count). The van der Waals surface area contributed by atoms with Gasteiger partial charge in [-0.3, -0.25) is 14.9 Å². The molecule has 0 atom stereocenters. The molecule has 1 saturated heterocycles. The lowest BCUT2D eigenvalue weighted by Gasteiger charge is -2.26. The number of amides is 2.